The van der Waals surface area contributed by atoms with Gasteiger partial charge in [-0.05, 0) is 47.9 Å². The van der Waals surface area contributed by atoms with E-state index in [1.807, 2.05) is 30.3 Å². The maximum atomic E-state index is 12.1. The van der Waals surface area contributed by atoms with E-state index >= 15 is 0 Å². The van der Waals surface area contributed by atoms with Crippen molar-refractivity contribution in [1.82, 2.24) is 5.32 Å². The van der Waals surface area contributed by atoms with Gasteiger partial charge in [-0.25, -0.2) is 0 Å². The molecule has 0 bridgehead atoms. The molecule has 2 N–H and O–H groups in total. The molecule has 0 fully saturated rings. The molecule has 0 spiro atoms. The fourth-order valence-corrected chi connectivity index (χ4v) is 2.57. The molecule has 2 aromatic carbocycles. The van der Waals surface area contributed by atoms with Gasteiger partial charge in [0.2, 0.25) is 5.91 Å². The van der Waals surface area contributed by atoms with Gasteiger partial charge in [0, 0.05) is 16.8 Å². The summed E-state index contributed by atoms with van der Waals surface area (Å²) in [6, 6.07) is 16.5. The van der Waals surface area contributed by atoms with Gasteiger partial charge in [-0.1, -0.05) is 37.6 Å². The summed E-state index contributed by atoms with van der Waals surface area (Å²) in [5, 5.41) is 15.6. The lowest BCUT2D eigenvalue weighted by Crippen LogP contribution is -2.33. The van der Waals surface area contributed by atoms with E-state index in [1.54, 1.807) is 24.3 Å². The number of amides is 1. The summed E-state index contributed by atoms with van der Waals surface area (Å²) in [5.74, 6) is 0.202. The van der Waals surface area contributed by atoms with Crippen LogP contribution in [-0.4, -0.2) is 12.5 Å². The molecule has 1 atom stereocenters. The standard InChI is InChI=1S/C19H20ClN3O/c1-13(2)19(15-5-7-16(20)8-6-15)22-12-18(24)23-17-9-3-14(11-21)4-10-17/h3-10,13,19,22H,12H2,1-2H3,(H,23,24). The fraction of sp³-hybridized carbons (Fsp3) is 0.263. The molecule has 0 saturated carbocycles. The van der Waals surface area contributed by atoms with E-state index in [9.17, 15) is 4.79 Å². The van der Waals surface area contributed by atoms with Gasteiger partial charge in [-0.15, -0.1) is 0 Å². The second-order valence-corrected chi connectivity index (χ2v) is 6.33. The molecular formula is C19H20ClN3O. The number of benzene rings is 2. The number of nitriles is 1. The predicted octanol–water partition coefficient (Wildman–Crippen LogP) is 4.14. The van der Waals surface area contributed by atoms with Crippen LogP contribution in [0.25, 0.3) is 0 Å². The first-order valence-corrected chi connectivity index (χ1v) is 8.16. The Hall–Kier alpha value is -2.35. The van der Waals surface area contributed by atoms with E-state index in [2.05, 4.69) is 24.5 Å². The summed E-state index contributed by atoms with van der Waals surface area (Å²) in [6.45, 7) is 4.40. The number of hydrogen-bond donors (Lipinski definition) is 2. The summed E-state index contributed by atoms with van der Waals surface area (Å²) in [7, 11) is 0. The Kier molecular flexibility index (Phi) is 6.36. The number of hydrogen-bond acceptors (Lipinski definition) is 3. The third-order valence-corrected chi connectivity index (χ3v) is 3.93. The third kappa shape index (κ3) is 5.09. The van der Waals surface area contributed by atoms with Crippen molar-refractivity contribution in [2.24, 2.45) is 5.92 Å². The number of rotatable bonds is 6. The van der Waals surface area contributed by atoms with Crippen LogP contribution < -0.4 is 10.6 Å². The first-order valence-electron chi connectivity index (χ1n) is 7.78. The Morgan fingerprint density at radius 2 is 1.75 bits per heavy atom. The molecule has 0 aromatic heterocycles. The minimum absolute atomic E-state index is 0.0639. The summed E-state index contributed by atoms with van der Waals surface area (Å²) < 4.78 is 0. The van der Waals surface area contributed by atoms with Crippen molar-refractivity contribution in [3.05, 3.63) is 64.7 Å². The Morgan fingerprint density at radius 1 is 1.12 bits per heavy atom. The Bertz CT molecular complexity index is 718. The molecule has 4 nitrogen and oxygen atoms in total. The number of nitrogens with one attached hydrogen (secondary N) is 2. The zero-order valence-electron chi connectivity index (χ0n) is 13.7. The minimum Gasteiger partial charge on any atom is -0.325 e. The van der Waals surface area contributed by atoms with E-state index in [0.717, 1.165) is 5.56 Å². The molecular weight excluding hydrogens is 322 g/mol. The number of halogens is 1. The third-order valence-electron chi connectivity index (χ3n) is 3.68. The van der Waals surface area contributed by atoms with Crippen LogP contribution in [0.5, 0.6) is 0 Å². The van der Waals surface area contributed by atoms with Gasteiger partial charge in [0.25, 0.3) is 0 Å². The van der Waals surface area contributed by atoms with Crippen LogP contribution in [-0.2, 0) is 4.79 Å². The normalized spacial score (nSPS) is 11.8. The molecule has 0 radical (unpaired) electrons. The fourth-order valence-electron chi connectivity index (χ4n) is 2.44. The van der Waals surface area contributed by atoms with Crippen molar-refractivity contribution in [2.45, 2.75) is 19.9 Å². The van der Waals surface area contributed by atoms with Gasteiger partial charge in [0.1, 0.15) is 0 Å². The largest absolute Gasteiger partial charge is 0.325 e. The van der Waals surface area contributed by atoms with E-state index in [-0.39, 0.29) is 18.5 Å². The Morgan fingerprint density at radius 3 is 2.29 bits per heavy atom. The Labute approximate surface area is 147 Å². The van der Waals surface area contributed by atoms with Crippen molar-refractivity contribution in [3.63, 3.8) is 0 Å². The van der Waals surface area contributed by atoms with Crippen molar-refractivity contribution in [3.8, 4) is 6.07 Å². The molecule has 2 rings (SSSR count). The van der Waals surface area contributed by atoms with Gasteiger partial charge in [-0.3, -0.25) is 4.79 Å². The molecule has 0 aliphatic carbocycles. The lowest BCUT2D eigenvalue weighted by Gasteiger charge is -2.23. The predicted molar refractivity (Wildman–Crippen MR) is 96.8 cm³/mol. The van der Waals surface area contributed by atoms with Crippen molar-refractivity contribution in [1.29, 1.82) is 5.26 Å². The van der Waals surface area contributed by atoms with E-state index < -0.39 is 0 Å². The summed E-state index contributed by atoms with van der Waals surface area (Å²) in [4.78, 5) is 12.1. The van der Waals surface area contributed by atoms with Crippen molar-refractivity contribution >= 4 is 23.2 Å². The molecule has 0 saturated heterocycles. The molecule has 0 aliphatic rings. The summed E-state index contributed by atoms with van der Waals surface area (Å²) >= 11 is 5.93. The smallest absolute Gasteiger partial charge is 0.238 e. The molecule has 1 unspecified atom stereocenters. The number of carbonyl (C=O) groups excluding carboxylic acids is 1. The highest BCUT2D eigenvalue weighted by Crippen LogP contribution is 2.23. The molecule has 24 heavy (non-hydrogen) atoms. The van der Waals surface area contributed by atoms with Gasteiger partial charge in [-0.2, -0.15) is 5.26 Å². The van der Waals surface area contributed by atoms with Crippen LogP contribution >= 0.6 is 11.6 Å². The highest BCUT2D eigenvalue weighted by Gasteiger charge is 2.16. The molecule has 124 valence electrons. The number of carbonyl (C=O) groups is 1. The quantitative estimate of drug-likeness (QED) is 0.830. The van der Waals surface area contributed by atoms with Gasteiger partial charge < -0.3 is 10.6 Å². The molecule has 5 heteroatoms. The van der Waals surface area contributed by atoms with Crippen LogP contribution in [0.3, 0.4) is 0 Å². The van der Waals surface area contributed by atoms with Gasteiger partial charge >= 0.3 is 0 Å². The van der Waals surface area contributed by atoms with Crippen molar-refractivity contribution in [2.75, 3.05) is 11.9 Å². The molecule has 2 aromatic rings. The highest BCUT2D eigenvalue weighted by molar-refractivity contribution is 6.30. The monoisotopic (exact) mass is 341 g/mol. The van der Waals surface area contributed by atoms with Gasteiger partial charge in [0.15, 0.2) is 0 Å². The molecule has 1 amide bonds. The van der Waals surface area contributed by atoms with Gasteiger partial charge in [0.05, 0.1) is 18.2 Å². The van der Waals surface area contributed by atoms with Crippen LogP contribution in [0, 0.1) is 17.2 Å². The molecule has 0 heterocycles. The topological polar surface area (TPSA) is 64.9 Å². The van der Waals surface area contributed by atoms with E-state index in [1.165, 1.54) is 0 Å². The zero-order chi connectivity index (χ0) is 17.5. The summed E-state index contributed by atoms with van der Waals surface area (Å²) in [6.07, 6.45) is 0. The molecule has 0 aliphatic heterocycles. The second kappa shape index (κ2) is 8.49. The minimum atomic E-state index is -0.126. The lowest BCUT2D eigenvalue weighted by molar-refractivity contribution is -0.115. The number of nitrogens with zero attached hydrogens (tertiary/aromatic N) is 1. The zero-order valence-corrected chi connectivity index (χ0v) is 14.5. The first kappa shape index (κ1) is 18.0. The van der Waals surface area contributed by atoms with E-state index in [4.69, 9.17) is 16.9 Å². The first-order chi connectivity index (χ1) is 11.5. The number of anilines is 1. The SMILES string of the molecule is CC(C)C(NCC(=O)Nc1ccc(C#N)cc1)c1ccc(Cl)cc1. The second-order valence-electron chi connectivity index (χ2n) is 5.89. The van der Waals surface area contributed by atoms with Crippen LogP contribution in [0.15, 0.2) is 48.5 Å². The average Bonchev–Trinajstić information content (AvgIpc) is 2.57. The summed E-state index contributed by atoms with van der Waals surface area (Å²) in [5.41, 5.74) is 2.34. The van der Waals surface area contributed by atoms with E-state index in [0.29, 0.717) is 22.2 Å². The van der Waals surface area contributed by atoms with Crippen LogP contribution in [0.1, 0.15) is 31.0 Å². The average molecular weight is 342 g/mol. The highest BCUT2D eigenvalue weighted by atomic mass is 35.5. The Balaban J connectivity index is 1.94. The van der Waals surface area contributed by atoms with Crippen LogP contribution in [0.4, 0.5) is 5.69 Å². The van der Waals surface area contributed by atoms with Crippen LogP contribution in [0.2, 0.25) is 5.02 Å². The maximum Gasteiger partial charge on any atom is 0.238 e. The lowest BCUT2D eigenvalue weighted by atomic mass is 9.96. The van der Waals surface area contributed by atoms with Crippen molar-refractivity contribution < 1.29 is 4.79 Å². The maximum absolute atomic E-state index is 12.1.